The van der Waals surface area contributed by atoms with Crippen LogP contribution in [0.25, 0.3) is 11.5 Å². The maximum atomic E-state index is 14.1. The Morgan fingerprint density at radius 1 is 1.17 bits per heavy atom. The molecular weight excluding hydrogens is 388 g/mol. The van der Waals surface area contributed by atoms with Crippen molar-refractivity contribution in [2.75, 3.05) is 6.54 Å². The molecule has 2 aromatic heterocycles. The monoisotopic (exact) mass is 404 g/mol. The van der Waals surface area contributed by atoms with Gasteiger partial charge in [0, 0.05) is 37.0 Å². The van der Waals surface area contributed by atoms with Gasteiger partial charge in [-0.3, -0.25) is 14.7 Å². The van der Waals surface area contributed by atoms with Crippen molar-refractivity contribution in [1.82, 2.24) is 19.9 Å². The van der Waals surface area contributed by atoms with Crippen LogP contribution in [-0.2, 0) is 25.7 Å². The van der Waals surface area contributed by atoms with E-state index >= 15 is 0 Å². The van der Waals surface area contributed by atoms with E-state index in [9.17, 15) is 22.4 Å². The normalized spacial score (nSPS) is 14.6. The number of halogens is 4. The number of fused-ring (bicyclic) bond motifs is 1. The number of nitrogens with zero attached hydrogens (tertiary/aromatic N) is 3. The van der Waals surface area contributed by atoms with Crippen LogP contribution in [0.4, 0.5) is 17.6 Å². The Hall–Kier alpha value is -3.07. The van der Waals surface area contributed by atoms with Crippen molar-refractivity contribution in [1.29, 1.82) is 0 Å². The molecule has 1 aliphatic heterocycles. The van der Waals surface area contributed by atoms with Gasteiger partial charge in [-0.2, -0.15) is 13.2 Å². The van der Waals surface area contributed by atoms with Crippen LogP contribution in [0.2, 0.25) is 0 Å². The fraction of sp³-hybridized carbons (Fsp3) is 0.250. The highest BCUT2D eigenvalue weighted by Crippen LogP contribution is 2.31. The zero-order valence-corrected chi connectivity index (χ0v) is 15.1. The molecule has 29 heavy (non-hydrogen) atoms. The molecule has 150 valence electrons. The van der Waals surface area contributed by atoms with Gasteiger partial charge in [0.25, 0.3) is 5.56 Å². The van der Waals surface area contributed by atoms with E-state index in [2.05, 4.69) is 15.0 Å². The number of benzene rings is 1. The summed E-state index contributed by atoms with van der Waals surface area (Å²) in [6, 6.07) is 7.61. The molecule has 0 saturated heterocycles. The highest BCUT2D eigenvalue weighted by Gasteiger charge is 2.31. The number of nitrogens with one attached hydrogen (secondary N) is 1. The number of rotatable bonds is 3. The molecule has 0 amide bonds. The van der Waals surface area contributed by atoms with Crippen LogP contribution in [0.15, 0.2) is 47.4 Å². The van der Waals surface area contributed by atoms with Crippen LogP contribution >= 0.6 is 0 Å². The first kappa shape index (κ1) is 19.3. The maximum absolute atomic E-state index is 14.1. The van der Waals surface area contributed by atoms with E-state index in [0.717, 1.165) is 18.2 Å². The summed E-state index contributed by atoms with van der Waals surface area (Å²) in [5.74, 6) is -0.377. The van der Waals surface area contributed by atoms with Gasteiger partial charge in [-0.1, -0.05) is 6.07 Å². The number of alkyl halides is 3. The third kappa shape index (κ3) is 4.04. The Bertz CT molecular complexity index is 1100. The van der Waals surface area contributed by atoms with Crippen molar-refractivity contribution < 1.29 is 17.6 Å². The van der Waals surface area contributed by atoms with Gasteiger partial charge >= 0.3 is 6.18 Å². The van der Waals surface area contributed by atoms with Gasteiger partial charge in [0.2, 0.25) is 0 Å². The molecule has 0 aliphatic carbocycles. The zero-order chi connectivity index (χ0) is 20.6. The molecule has 1 aliphatic rings. The fourth-order valence-electron chi connectivity index (χ4n) is 3.37. The van der Waals surface area contributed by atoms with Crippen molar-refractivity contribution in [3.8, 4) is 11.5 Å². The van der Waals surface area contributed by atoms with Crippen molar-refractivity contribution in [2.45, 2.75) is 25.7 Å². The molecular formula is C20H16F4N4O. The number of hydrogen-bond acceptors (Lipinski definition) is 4. The van der Waals surface area contributed by atoms with Crippen LogP contribution < -0.4 is 5.56 Å². The third-order valence-corrected chi connectivity index (χ3v) is 4.83. The number of aromatic amines is 1. The van der Waals surface area contributed by atoms with Crippen molar-refractivity contribution >= 4 is 0 Å². The third-order valence-electron chi connectivity index (χ3n) is 4.83. The van der Waals surface area contributed by atoms with Gasteiger partial charge in [-0.05, 0) is 36.8 Å². The predicted octanol–water partition coefficient (Wildman–Crippen LogP) is 3.55. The predicted molar refractivity (Wildman–Crippen MR) is 97.3 cm³/mol. The summed E-state index contributed by atoms with van der Waals surface area (Å²) in [7, 11) is 0. The summed E-state index contributed by atoms with van der Waals surface area (Å²) < 4.78 is 52.9. The summed E-state index contributed by atoms with van der Waals surface area (Å²) in [6.07, 6.45) is -2.58. The molecule has 5 nitrogen and oxygen atoms in total. The van der Waals surface area contributed by atoms with Crippen molar-refractivity contribution in [3.05, 3.63) is 81.2 Å². The minimum Gasteiger partial charge on any atom is -0.305 e. The smallest absolute Gasteiger partial charge is 0.305 e. The summed E-state index contributed by atoms with van der Waals surface area (Å²) in [5.41, 5.74) is 0.365. The molecule has 0 atom stereocenters. The lowest BCUT2D eigenvalue weighted by atomic mass is 10.0. The second kappa shape index (κ2) is 7.40. The molecule has 1 N–H and O–H groups in total. The topological polar surface area (TPSA) is 61.9 Å². The SMILES string of the molecule is O=c1[nH]c(-c2ccccn2)nc2c1CCN(Cc1cc(C(F)(F)F)ccc1F)C2. The summed E-state index contributed by atoms with van der Waals surface area (Å²) >= 11 is 0. The molecule has 0 radical (unpaired) electrons. The summed E-state index contributed by atoms with van der Waals surface area (Å²) in [4.78, 5) is 25.5. The minimum atomic E-state index is -4.54. The molecule has 4 rings (SSSR count). The number of pyridine rings is 1. The second-order valence-electron chi connectivity index (χ2n) is 6.82. The first-order chi connectivity index (χ1) is 13.8. The maximum Gasteiger partial charge on any atom is 0.416 e. The van der Waals surface area contributed by atoms with E-state index < -0.39 is 17.6 Å². The number of H-pyrrole nitrogens is 1. The minimum absolute atomic E-state index is 0.0113. The summed E-state index contributed by atoms with van der Waals surface area (Å²) in [6.45, 7) is 0.633. The molecule has 3 heterocycles. The fourth-order valence-corrected chi connectivity index (χ4v) is 3.37. The summed E-state index contributed by atoms with van der Waals surface area (Å²) in [5, 5.41) is 0. The average molecular weight is 404 g/mol. The molecule has 1 aromatic carbocycles. The molecule has 0 bridgehead atoms. The first-order valence-corrected chi connectivity index (χ1v) is 8.93. The lowest BCUT2D eigenvalue weighted by Crippen LogP contribution is -2.35. The zero-order valence-electron chi connectivity index (χ0n) is 15.1. The lowest BCUT2D eigenvalue weighted by molar-refractivity contribution is -0.137. The van der Waals surface area contributed by atoms with Crippen LogP contribution in [0.5, 0.6) is 0 Å². The van der Waals surface area contributed by atoms with Crippen LogP contribution in [0.3, 0.4) is 0 Å². The Morgan fingerprint density at radius 2 is 2.00 bits per heavy atom. The standard InChI is InChI=1S/C20H16F4N4O/c21-15-5-4-13(20(22,23)24)9-12(15)10-28-8-6-14-17(11-28)26-18(27-19(14)29)16-3-1-2-7-25-16/h1-5,7,9H,6,8,10-11H2,(H,26,27,29). The molecule has 9 heteroatoms. The Kier molecular flexibility index (Phi) is 4.91. The van der Waals surface area contributed by atoms with E-state index in [1.165, 1.54) is 0 Å². The Balaban J connectivity index is 1.61. The molecule has 0 fully saturated rings. The van der Waals surface area contributed by atoms with E-state index in [1.807, 2.05) is 0 Å². The molecule has 3 aromatic rings. The Labute approximate surface area is 163 Å². The van der Waals surface area contributed by atoms with Crippen molar-refractivity contribution in [3.63, 3.8) is 0 Å². The second-order valence-corrected chi connectivity index (χ2v) is 6.82. The van der Waals surface area contributed by atoms with E-state index in [1.54, 1.807) is 29.3 Å². The molecule has 0 unspecified atom stereocenters. The highest BCUT2D eigenvalue weighted by atomic mass is 19.4. The molecule has 0 saturated carbocycles. The molecule has 0 spiro atoms. The number of hydrogen-bond donors (Lipinski definition) is 1. The van der Waals surface area contributed by atoms with Crippen LogP contribution in [0.1, 0.15) is 22.4 Å². The van der Waals surface area contributed by atoms with E-state index in [-0.39, 0.29) is 24.2 Å². The lowest BCUT2D eigenvalue weighted by Gasteiger charge is -2.28. The van der Waals surface area contributed by atoms with Crippen molar-refractivity contribution in [2.24, 2.45) is 0 Å². The number of aromatic nitrogens is 3. The first-order valence-electron chi connectivity index (χ1n) is 8.93. The van der Waals surface area contributed by atoms with Crippen LogP contribution in [0, 0.1) is 5.82 Å². The van der Waals surface area contributed by atoms with Gasteiger partial charge in [0.1, 0.15) is 11.5 Å². The largest absolute Gasteiger partial charge is 0.416 e. The average Bonchev–Trinajstić information content (AvgIpc) is 2.69. The quantitative estimate of drug-likeness (QED) is 0.679. The Morgan fingerprint density at radius 3 is 2.72 bits per heavy atom. The van der Waals surface area contributed by atoms with Crippen LogP contribution in [-0.4, -0.2) is 26.4 Å². The van der Waals surface area contributed by atoms with Gasteiger partial charge in [-0.25, -0.2) is 9.37 Å². The van der Waals surface area contributed by atoms with Gasteiger partial charge in [0.15, 0.2) is 5.82 Å². The van der Waals surface area contributed by atoms with Gasteiger partial charge in [-0.15, -0.1) is 0 Å². The van der Waals surface area contributed by atoms with Gasteiger partial charge < -0.3 is 4.98 Å². The van der Waals surface area contributed by atoms with Gasteiger partial charge in [0.05, 0.1) is 11.3 Å². The van der Waals surface area contributed by atoms with E-state index in [4.69, 9.17) is 0 Å². The van der Waals surface area contributed by atoms with E-state index in [0.29, 0.717) is 35.7 Å². The highest BCUT2D eigenvalue weighted by molar-refractivity contribution is 5.49.